The zero-order chi connectivity index (χ0) is 16.3. The first-order valence-electron chi connectivity index (χ1n) is 6.83. The van der Waals surface area contributed by atoms with Crippen LogP contribution < -0.4 is 5.32 Å². The molecule has 0 aliphatic rings. The maximum atomic E-state index is 12.9. The van der Waals surface area contributed by atoms with E-state index in [2.05, 4.69) is 10.3 Å². The van der Waals surface area contributed by atoms with Crippen molar-refractivity contribution >= 4 is 5.82 Å². The molecule has 1 aromatic carbocycles. The zero-order valence-corrected chi connectivity index (χ0v) is 12.3. The average Bonchev–Trinajstić information content (AvgIpc) is 2.47. The molecule has 0 aliphatic carbocycles. The van der Waals surface area contributed by atoms with Gasteiger partial charge in [-0.05, 0) is 43.2 Å². The van der Waals surface area contributed by atoms with E-state index in [1.807, 2.05) is 0 Å². The van der Waals surface area contributed by atoms with Gasteiger partial charge in [0.05, 0.1) is 12.2 Å². The molecule has 3 nitrogen and oxygen atoms in total. The Kier molecular flexibility index (Phi) is 4.71. The SMILES string of the molecule is Cc1ccc(-c2ccc(N[C@@H](C)CO)nc2)cc1C(F)(F)F. The van der Waals surface area contributed by atoms with Gasteiger partial charge in [0.25, 0.3) is 0 Å². The number of nitrogens with one attached hydrogen (secondary N) is 1. The Hall–Kier alpha value is -2.08. The lowest BCUT2D eigenvalue weighted by molar-refractivity contribution is -0.138. The summed E-state index contributed by atoms with van der Waals surface area (Å²) in [6.45, 7) is 3.20. The monoisotopic (exact) mass is 310 g/mol. The molecule has 0 radical (unpaired) electrons. The van der Waals surface area contributed by atoms with E-state index in [1.165, 1.54) is 19.2 Å². The van der Waals surface area contributed by atoms with E-state index in [1.54, 1.807) is 25.1 Å². The van der Waals surface area contributed by atoms with Gasteiger partial charge in [0, 0.05) is 17.8 Å². The number of aliphatic hydroxyl groups is 1. The Morgan fingerprint density at radius 2 is 1.86 bits per heavy atom. The first-order chi connectivity index (χ1) is 10.3. The van der Waals surface area contributed by atoms with Crippen LogP contribution in [-0.4, -0.2) is 22.7 Å². The molecule has 0 saturated carbocycles. The fraction of sp³-hybridized carbons (Fsp3) is 0.312. The molecule has 118 valence electrons. The van der Waals surface area contributed by atoms with Gasteiger partial charge in [-0.25, -0.2) is 4.98 Å². The van der Waals surface area contributed by atoms with E-state index in [0.29, 0.717) is 16.9 Å². The molecule has 0 fully saturated rings. The Morgan fingerprint density at radius 3 is 2.41 bits per heavy atom. The minimum absolute atomic E-state index is 0.0314. The second kappa shape index (κ2) is 6.36. The minimum atomic E-state index is -4.37. The van der Waals surface area contributed by atoms with Gasteiger partial charge in [-0.2, -0.15) is 13.2 Å². The fourth-order valence-corrected chi connectivity index (χ4v) is 2.06. The van der Waals surface area contributed by atoms with Crippen LogP contribution >= 0.6 is 0 Å². The molecule has 2 N–H and O–H groups in total. The molecule has 1 atom stereocenters. The third-order valence-electron chi connectivity index (χ3n) is 3.31. The molecule has 1 heterocycles. The van der Waals surface area contributed by atoms with Crippen LogP contribution in [0, 0.1) is 6.92 Å². The van der Waals surface area contributed by atoms with Crippen molar-refractivity contribution in [3.63, 3.8) is 0 Å². The fourth-order valence-electron chi connectivity index (χ4n) is 2.06. The van der Waals surface area contributed by atoms with Gasteiger partial charge in [-0.3, -0.25) is 0 Å². The van der Waals surface area contributed by atoms with E-state index in [0.717, 1.165) is 6.07 Å². The highest BCUT2D eigenvalue weighted by Gasteiger charge is 2.32. The third-order valence-corrected chi connectivity index (χ3v) is 3.31. The van der Waals surface area contributed by atoms with Crippen LogP contribution in [0.1, 0.15) is 18.1 Å². The maximum Gasteiger partial charge on any atom is 0.416 e. The predicted molar refractivity (Wildman–Crippen MR) is 79.6 cm³/mol. The Balaban J connectivity index is 2.29. The van der Waals surface area contributed by atoms with Crippen molar-refractivity contribution in [2.24, 2.45) is 0 Å². The number of nitrogens with zero attached hydrogens (tertiary/aromatic N) is 1. The summed E-state index contributed by atoms with van der Waals surface area (Å²) in [7, 11) is 0. The number of benzene rings is 1. The van der Waals surface area contributed by atoms with Gasteiger partial charge in [-0.1, -0.05) is 12.1 Å². The number of hydrogen-bond donors (Lipinski definition) is 2. The summed E-state index contributed by atoms with van der Waals surface area (Å²) in [6, 6.07) is 7.47. The molecule has 0 unspecified atom stereocenters. The van der Waals surface area contributed by atoms with Crippen LogP contribution in [0.4, 0.5) is 19.0 Å². The van der Waals surface area contributed by atoms with Gasteiger partial charge in [-0.15, -0.1) is 0 Å². The number of hydrogen-bond acceptors (Lipinski definition) is 3. The lowest BCUT2D eigenvalue weighted by atomic mass is 10.0. The van der Waals surface area contributed by atoms with Crippen molar-refractivity contribution in [3.05, 3.63) is 47.7 Å². The van der Waals surface area contributed by atoms with Gasteiger partial charge < -0.3 is 10.4 Å². The van der Waals surface area contributed by atoms with Crippen LogP contribution in [0.5, 0.6) is 0 Å². The van der Waals surface area contributed by atoms with Gasteiger partial charge in [0.2, 0.25) is 0 Å². The van der Waals surface area contributed by atoms with Crippen molar-refractivity contribution < 1.29 is 18.3 Å². The summed E-state index contributed by atoms with van der Waals surface area (Å²) in [5, 5.41) is 11.9. The van der Waals surface area contributed by atoms with Crippen molar-refractivity contribution in [1.82, 2.24) is 4.98 Å². The molecular formula is C16H17F3N2O. The Morgan fingerprint density at radius 1 is 1.18 bits per heavy atom. The molecule has 2 rings (SSSR count). The highest BCUT2D eigenvalue weighted by Crippen LogP contribution is 2.34. The summed E-state index contributed by atoms with van der Waals surface area (Å²) in [5.41, 5.74) is 0.625. The first-order valence-corrected chi connectivity index (χ1v) is 6.83. The Bertz CT molecular complexity index is 639. The third kappa shape index (κ3) is 3.76. The predicted octanol–water partition coefficient (Wildman–Crippen LogP) is 3.87. The number of aliphatic hydroxyl groups excluding tert-OH is 1. The van der Waals surface area contributed by atoms with Crippen molar-refractivity contribution in [2.75, 3.05) is 11.9 Å². The molecule has 0 amide bonds. The average molecular weight is 310 g/mol. The summed E-state index contributed by atoms with van der Waals surface area (Å²) >= 11 is 0. The van der Waals surface area contributed by atoms with Crippen LogP contribution in [0.3, 0.4) is 0 Å². The van der Waals surface area contributed by atoms with Gasteiger partial charge in [0.1, 0.15) is 5.82 Å². The lowest BCUT2D eigenvalue weighted by Gasteiger charge is -2.13. The summed E-state index contributed by atoms with van der Waals surface area (Å²) < 4.78 is 38.8. The minimum Gasteiger partial charge on any atom is -0.394 e. The number of rotatable bonds is 4. The van der Waals surface area contributed by atoms with E-state index in [9.17, 15) is 13.2 Å². The van der Waals surface area contributed by atoms with Crippen LogP contribution in [0.2, 0.25) is 0 Å². The molecular weight excluding hydrogens is 293 g/mol. The first kappa shape index (κ1) is 16.3. The normalized spacial score (nSPS) is 13.0. The number of halogens is 3. The van der Waals surface area contributed by atoms with Crippen LogP contribution in [-0.2, 0) is 6.18 Å². The highest BCUT2D eigenvalue weighted by atomic mass is 19.4. The zero-order valence-electron chi connectivity index (χ0n) is 12.3. The smallest absolute Gasteiger partial charge is 0.394 e. The van der Waals surface area contributed by atoms with Crippen molar-refractivity contribution in [3.8, 4) is 11.1 Å². The quantitative estimate of drug-likeness (QED) is 0.901. The summed E-state index contributed by atoms with van der Waals surface area (Å²) in [5.74, 6) is 0.563. The summed E-state index contributed by atoms with van der Waals surface area (Å²) in [6.07, 6.45) is -2.86. The second-order valence-electron chi connectivity index (χ2n) is 5.19. The lowest BCUT2D eigenvalue weighted by Crippen LogP contribution is -2.19. The molecule has 0 saturated heterocycles. The molecule has 1 aromatic heterocycles. The van der Waals surface area contributed by atoms with Crippen LogP contribution in [0.25, 0.3) is 11.1 Å². The number of pyridine rings is 1. The Labute approximate surface area is 126 Å². The molecule has 0 spiro atoms. The molecule has 22 heavy (non-hydrogen) atoms. The van der Waals surface area contributed by atoms with E-state index in [-0.39, 0.29) is 18.2 Å². The van der Waals surface area contributed by atoms with Crippen molar-refractivity contribution in [2.45, 2.75) is 26.1 Å². The van der Waals surface area contributed by atoms with E-state index >= 15 is 0 Å². The molecule has 2 aromatic rings. The topological polar surface area (TPSA) is 45.1 Å². The number of aryl methyl sites for hydroxylation is 1. The highest BCUT2D eigenvalue weighted by molar-refractivity contribution is 5.65. The van der Waals surface area contributed by atoms with Gasteiger partial charge >= 0.3 is 6.18 Å². The largest absolute Gasteiger partial charge is 0.416 e. The van der Waals surface area contributed by atoms with E-state index < -0.39 is 11.7 Å². The standard InChI is InChI=1S/C16H17F3N2O/c1-10-3-4-12(7-14(10)16(17,18)19)13-5-6-15(20-8-13)21-11(2)9-22/h3-8,11,22H,9H2,1-2H3,(H,20,21)/t11-/m0/s1. The second-order valence-corrected chi connectivity index (χ2v) is 5.19. The number of alkyl halides is 3. The molecule has 0 aliphatic heterocycles. The maximum absolute atomic E-state index is 12.9. The summed E-state index contributed by atoms with van der Waals surface area (Å²) in [4.78, 5) is 4.15. The molecule has 0 bridgehead atoms. The van der Waals surface area contributed by atoms with Crippen LogP contribution in [0.15, 0.2) is 36.5 Å². The molecule has 6 heteroatoms. The number of anilines is 1. The van der Waals surface area contributed by atoms with Gasteiger partial charge in [0.15, 0.2) is 0 Å². The van der Waals surface area contributed by atoms with Crippen molar-refractivity contribution in [1.29, 1.82) is 0 Å². The van der Waals surface area contributed by atoms with E-state index in [4.69, 9.17) is 5.11 Å². The number of aromatic nitrogens is 1.